The standard InChI is InChI=1S/C21H23IN4O2/c22-20-24-19(18-12-23-10-11-26(18)20)17-8-6-16(7-9-17)14-25(21(27)28)13-15-4-2-1-3-5-15/h1-5,10-12,16-17H,6-9,13-14H2,(H,27,28). The summed E-state index contributed by atoms with van der Waals surface area (Å²) in [4.78, 5) is 22.3. The zero-order chi connectivity index (χ0) is 19.5. The van der Waals surface area contributed by atoms with E-state index in [9.17, 15) is 9.90 Å². The maximum atomic E-state index is 11.7. The third-order valence-electron chi connectivity index (χ3n) is 5.63. The van der Waals surface area contributed by atoms with E-state index in [0.717, 1.165) is 46.3 Å². The van der Waals surface area contributed by atoms with Crippen molar-refractivity contribution in [3.8, 4) is 0 Å². The number of rotatable bonds is 5. The number of amides is 1. The van der Waals surface area contributed by atoms with Crippen molar-refractivity contribution >= 4 is 34.2 Å². The number of aromatic nitrogens is 3. The minimum Gasteiger partial charge on any atom is -0.465 e. The van der Waals surface area contributed by atoms with Crippen LogP contribution in [0.4, 0.5) is 4.79 Å². The molecular formula is C21H23IN4O2. The van der Waals surface area contributed by atoms with Crippen LogP contribution in [0.3, 0.4) is 0 Å². The molecule has 1 N–H and O–H groups in total. The van der Waals surface area contributed by atoms with Gasteiger partial charge in [0, 0.05) is 54.0 Å². The number of halogens is 1. The summed E-state index contributed by atoms with van der Waals surface area (Å²) in [5.74, 6) is 0.827. The van der Waals surface area contributed by atoms with Gasteiger partial charge >= 0.3 is 6.09 Å². The summed E-state index contributed by atoms with van der Waals surface area (Å²) < 4.78 is 3.05. The lowest BCUT2D eigenvalue weighted by molar-refractivity contribution is 0.126. The number of carboxylic acid groups (broad SMARTS) is 1. The summed E-state index contributed by atoms with van der Waals surface area (Å²) >= 11 is 2.26. The van der Waals surface area contributed by atoms with Crippen LogP contribution in [0.25, 0.3) is 5.52 Å². The number of hydrogen-bond donors (Lipinski definition) is 1. The maximum Gasteiger partial charge on any atom is 0.407 e. The van der Waals surface area contributed by atoms with E-state index >= 15 is 0 Å². The van der Waals surface area contributed by atoms with Gasteiger partial charge in [-0.15, -0.1) is 0 Å². The van der Waals surface area contributed by atoms with Gasteiger partial charge in [-0.3, -0.25) is 9.38 Å². The van der Waals surface area contributed by atoms with E-state index in [4.69, 9.17) is 4.98 Å². The smallest absolute Gasteiger partial charge is 0.407 e. The van der Waals surface area contributed by atoms with Gasteiger partial charge in [-0.25, -0.2) is 9.78 Å². The predicted octanol–water partition coefficient (Wildman–Crippen LogP) is 4.79. The van der Waals surface area contributed by atoms with Gasteiger partial charge in [0.1, 0.15) is 0 Å². The fraction of sp³-hybridized carbons (Fsp3) is 0.381. The van der Waals surface area contributed by atoms with Crippen molar-refractivity contribution in [3.05, 3.63) is 64.0 Å². The van der Waals surface area contributed by atoms with Gasteiger partial charge in [0.15, 0.2) is 3.83 Å². The molecule has 0 atom stereocenters. The molecule has 28 heavy (non-hydrogen) atoms. The zero-order valence-corrected chi connectivity index (χ0v) is 17.7. The van der Waals surface area contributed by atoms with Crippen LogP contribution in [-0.4, -0.2) is 37.0 Å². The van der Waals surface area contributed by atoms with Crippen LogP contribution >= 0.6 is 22.6 Å². The first kappa shape index (κ1) is 19.2. The Hall–Kier alpha value is -2.16. The average molecular weight is 490 g/mol. The average Bonchev–Trinajstić information content (AvgIpc) is 3.06. The molecule has 0 saturated heterocycles. The molecule has 1 aliphatic rings. The topological polar surface area (TPSA) is 70.7 Å². The highest BCUT2D eigenvalue weighted by Gasteiger charge is 2.28. The Morgan fingerprint density at radius 2 is 1.96 bits per heavy atom. The molecule has 2 heterocycles. The zero-order valence-electron chi connectivity index (χ0n) is 15.5. The molecule has 2 aromatic heterocycles. The molecule has 0 bridgehead atoms. The highest BCUT2D eigenvalue weighted by molar-refractivity contribution is 14.1. The van der Waals surface area contributed by atoms with Crippen molar-refractivity contribution in [3.63, 3.8) is 0 Å². The van der Waals surface area contributed by atoms with Crippen LogP contribution in [0, 0.1) is 9.75 Å². The molecular weight excluding hydrogens is 467 g/mol. The molecule has 4 rings (SSSR count). The monoisotopic (exact) mass is 490 g/mol. The lowest BCUT2D eigenvalue weighted by atomic mass is 9.80. The minimum absolute atomic E-state index is 0.405. The van der Waals surface area contributed by atoms with E-state index in [1.807, 2.05) is 42.7 Å². The van der Waals surface area contributed by atoms with Gasteiger partial charge in [-0.1, -0.05) is 30.3 Å². The summed E-state index contributed by atoms with van der Waals surface area (Å²) in [6, 6.07) is 9.81. The van der Waals surface area contributed by atoms with Crippen LogP contribution < -0.4 is 0 Å². The Morgan fingerprint density at radius 1 is 1.21 bits per heavy atom. The summed E-state index contributed by atoms with van der Waals surface area (Å²) in [5.41, 5.74) is 3.26. The fourth-order valence-corrected chi connectivity index (χ4v) is 4.85. The Labute approximate surface area is 177 Å². The van der Waals surface area contributed by atoms with E-state index in [-0.39, 0.29) is 0 Å². The number of benzene rings is 1. The minimum atomic E-state index is -0.841. The van der Waals surface area contributed by atoms with Gasteiger partial charge in [-0.2, -0.15) is 0 Å². The van der Waals surface area contributed by atoms with Crippen molar-refractivity contribution in [1.29, 1.82) is 0 Å². The molecule has 6 nitrogen and oxygen atoms in total. The van der Waals surface area contributed by atoms with E-state index in [1.165, 1.54) is 0 Å². The summed E-state index contributed by atoms with van der Waals surface area (Å²) in [7, 11) is 0. The lowest BCUT2D eigenvalue weighted by Gasteiger charge is -2.31. The normalized spacial score (nSPS) is 19.6. The van der Waals surface area contributed by atoms with Crippen LogP contribution in [0.15, 0.2) is 48.9 Å². The molecule has 1 amide bonds. The maximum absolute atomic E-state index is 11.7. The number of carbonyl (C=O) groups is 1. The van der Waals surface area contributed by atoms with Crippen LogP contribution in [0.1, 0.15) is 42.9 Å². The van der Waals surface area contributed by atoms with Crippen molar-refractivity contribution in [2.24, 2.45) is 5.92 Å². The lowest BCUT2D eigenvalue weighted by Crippen LogP contribution is -2.35. The molecule has 0 radical (unpaired) electrons. The number of imidazole rings is 1. The Kier molecular flexibility index (Phi) is 5.79. The SMILES string of the molecule is O=C(O)N(Cc1ccccc1)CC1CCC(c2nc(I)n3ccncc23)CC1. The fourth-order valence-electron chi connectivity index (χ4n) is 4.17. The van der Waals surface area contributed by atoms with Crippen molar-refractivity contribution in [2.75, 3.05) is 6.54 Å². The summed E-state index contributed by atoms with van der Waals surface area (Å²) in [6.45, 7) is 1.05. The van der Waals surface area contributed by atoms with Crippen molar-refractivity contribution in [1.82, 2.24) is 19.3 Å². The second-order valence-corrected chi connectivity index (χ2v) is 8.43. The van der Waals surface area contributed by atoms with Gasteiger partial charge in [0.25, 0.3) is 0 Å². The molecule has 146 valence electrons. The molecule has 3 aromatic rings. The second kappa shape index (κ2) is 8.46. The first-order chi connectivity index (χ1) is 13.6. The molecule has 7 heteroatoms. The highest BCUT2D eigenvalue weighted by atomic mass is 127. The quantitative estimate of drug-likeness (QED) is 0.523. The number of fused-ring (bicyclic) bond motifs is 1. The van der Waals surface area contributed by atoms with E-state index in [0.29, 0.717) is 24.9 Å². The van der Waals surface area contributed by atoms with E-state index < -0.39 is 6.09 Å². The van der Waals surface area contributed by atoms with Crippen LogP contribution in [-0.2, 0) is 6.54 Å². The van der Waals surface area contributed by atoms with Crippen LogP contribution in [0.2, 0.25) is 0 Å². The Balaban J connectivity index is 1.40. The third kappa shape index (κ3) is 4.14. The first-order valence-electron chi connectivity index (χ1n) is 9.61. The second-order valence-electron chi connectivity index (χ2n) is 7.46. The van der Waals surface area contributed by atoms with Gasteiger partial charge in [0.05, 0.1) is 17.4 Å². The molecule has 1 fully saturated rings. The van der Waals surface area contributed by atoms with E-state index in [1.54, 1.807) is 11.1 Å². The first-order valence-corrected chi connectivity index (χ1v) is 10.7. The molecule has 0 unspecified atom stereocenters. The molecule has 1 saturated carbocycles. The largest absolute Gasteiger partial charge is 0.465 e. The Bertz CT molecular complexity index is 951. The molecule has 1 aliphatic carbocycles. The molecule has 0 aliphatic heterocycles. The third-order valence-corrected chi connectivity index (χ3v) is 6.39. The van der Waals surface area contributed by atoms with Gasteiger partial charge in [0.2, 0.25) is 0 Å². The number of hydrogen-bond acceptors (Lipinski definition) is 3. The summed E-state index contributed by atoms with van der Waals surface area (Å²) in [6.07, 6.45) is 8.92. The van der Waals surface area contributed by atoms with Crippen molar-refractivity contribution < 1.29 is 9.90 Å². The Morgan fingerprint density at radius 3 is 2.68 bits per heavy atom. The van der Waals surface area contributed by atoms with E-state index in [2.05, 4.69) is 32.0 Å². The molecule has 0 spiro atoms. The van der Waals surface area contributed by atoms with Crippen molar-refractivity contribution in [2.45, 2.75) is 38.1 Å². The highest BCUT2D eigenvalue weighted by Crippen LogP contribution is 2.37. The molecule has 1 aromatic carbocycles. The summed E-state index contributed by atoms with van der Waals surface area (Å²) in [5, 5.41) is 9.62. The van der Waals surface area contributed by atoms with Crippen LogP contribution in [0.5, 0.6) is 0 Å². The van der Waals surface area contributed by atoms with Gasteiger partial charge in [-0.05, 0) is 37.2 Å². The van der Waals surface area contributed by atoms with Gasteiger partial charge < -0.3 is 10.0 Å². The number of nitrogens with zero attached hydrogens (tertiary/aromatic N) is 4. The predicted molar refractivity (Wildman–Crippen MR) is 115 cm³/mol.